The molecule has 0 saturated heterocycles. The topological polar surface area (TPSA) is 69.0 Å². The van der Waals surface area contributed by atoms with Crippen molar-refractivity contribution in [2.45, 2.75) is 26.3 Å². The van der Waals surface area contributed by atoms with Crippen molar-refractivity contribution in [1.82, 2.24) is 14.8 Å². The third-order valence-electron chi connectivity index (χ3n) is 4.23. The molecule has 2 aromatic carbocycles. The van der Waals surface area contributed by atoms with Crippen LogP contribution in [0.2, 0.25) is 0 Å². The van der Waals surface area contributed by atoms with Crippen molar-refractivity contribution < 1.29 is 9.53 Å². The minimum Gasteiger partial charge on any atom is -0.491 e. The minimum absolute atomic E-state index is 0.0779. The van der Waals surface area contributed by atoms with E-state index in [1.807, 2.05) is 49.4 Å². The van der Waals surface area contributed by atoms with Crippen molar-refractivity contribution in [3.8, 4) is 5.75 Å². The molecule has 0 radical (unpaired) electrons. The molecular formula is C21H24N4O2. The number of hydrogen-bond donors (Lipinski definition) is 1. The SMILES string of the molecule is CC(Cn1cncn1)C(=O)Nc1ccccc1OCCCc1ccccc1. The fourth-order valence-electron chi connectivity index (χ4n) is 2.75. The summed E-state index contributed by atoms with van der Waals surface area (Å²) >= 11 is 0. The van der Waals surface area contributed by atoms with Crippen LogP contribution in [-0.4, -0.2) is 27.3 Å². The van der Waals surface area contributed by atoms with Crippen molar-refractivity contribution in [3.05, 3.63) is 72.8 Å². The maximum Gasteiger partial charge on any atom is 0.229 e. The quantitative estimate of drug-likeness (QED) is 0.590. The monoisotopic (exact) mass is 364 g/mol. The molecule has 3 aromatic rings. The Balaban J connectivity index is 1.51. The average Bonchev–Trinajstić information content (AvgIpc) is 3.20. The number of ether oxygens (including phenoxy) is 1. The van der Waals surface area contributed by atoms with E-state index < -0.39 is 0 Å². The highest BCUT2D eigenvalue weighted by Crippen LogP contribution is 2.24. The Labute approximate surface area is 159 Å². The van der Waals surface area contributed by atoms with Gasteiger partial charge in [0.05, 0.1) is 24.8 Å². The van der Waals surface area contributed by atoms with E-state index in [4.69, 9.17) is 4.74 Å². The number of rotatable bonds is 9. The molecule has 3 rings (SSSR count). The van der Waals surface area contributed by atoms with E-state index in [1.165, 1.54) is 11.9 Å². The normalized spacial score (nSPS) is 11.7. The maximum atomic E-state index is 12.5. The van der Waals surface area contributed by atoms with Gasteiger partial charge in [0.25, 0.3) is 0 Å². The molecular weight excluding hydrogens is 340 g/mol. The molecule has 1 unspecified atom stereocenters. The summed E-state index contributed by atoms with van der Waals surface area (Å²) in [7, 11) is 0. The summed E-state index contributed by atoms with van der Waals surface area (Å²) in [5.74, 6) is 0.371. The standard InChI is InChI=1S/C21H24N4O2/c1-17(14-25-16-22-15-23-25)21(26)24-19-11-5-6-12-20(19)27-13-7-10-18-8-3-2-4-9-18/h2-6,8-9,11-12,15-17H,7,10,13-14H2,1H3,(H,24,26). The maximum absolute atomic E-state index is 12.5. The van der Waals surface area contributed by atoms with Gasteiger partial charge in [-0.25, -0.2) is 4.98 Å². The van der Waals surface area contributed by atoms with Gasteiger partial charge in [-0.3, -0.25) is 9.48 Å². The largest absolute Gasteiger partial charge is 0.491 e. The van der Waals surface area contributed by atoms with Gasteiger partial charge < -0.3 is 10.1 Å². The van der Waals surface area contributed by atoms with Crippen LogP contribution in [0.15, 0.2) is 67.3 Å². The van der Waals surface area contributed by atoms with Crippen LogP contribution in [0.1, 0.15) is 18.9 Å². The van der Waals surface area contributed by atoms with E-state index in [-0.39, 0.29) is 11.8 Å². The first kappa shape index (κ1) is 18.6. The number of carbonyl (C=O) groups excluding carboxylic acids is 1. The number of para-hydroxylation sites is 2. The fraction of sp³-hybridized carbons (Fsp3) is 0.286. The molecule has 27 heavy (non-hydrogen) atoms. The third kappa shape index (κ3) is 5.67. The number of anilines is 1. The average molecular weight is 364 g/mol. The number of nitrogens with one attached hydrogen (secondary N) is 1. The van der Waals surface area contributed by atoms with Crippen LogP contribution in [0.4, 0.5) is 5.69 Å². The first-order valence-corrected chi connectivity index (χ1v) is 9.11. The smallest absolute Gasteiger partial charge is 0.229 e. The second-order valence-electron chi connectivity index (χ2n) is 6.44. The Kier molecular flexibility index (Phi) is 6.57. The highest BCUT2D eigenvalue weighted by molar-refractivity contribution is 5.93. The van der Waals surface area contributed by atoms with Crippen molar-refractivity contribution in [2.24, 2.45) is 5.92 Å². The molecule has 0 fully saturated rings. The van der Waals surface area contributed by atoms with Crippen molar-refractivity contribution >= 4 is 11.6 Å². The predicted molar refractivity (Wildman–Crippen MR) is 105 cm³/mol. The van der Waals surface area contributed by atoms with Crippen molar-refractivity contribution in [1.29, 1.82) is 0 Å². The Hall–Kier alpha value is -3.15. The molecule has 1 heterocycles. The van der Waals surface area contributed by atoms with E-state index in [9.17, 15) is 4.79 Å². The molecule has 6 nitrogen and oxygen atoms in total. The molecule has 1 aromatic heterocycles. The molecule has 0 saturated carbocycles. The van der Waals surface area contributed by atoms with Crippen LogP contribution in [0, 0.1) is 5.92 Å². The number of nitrogens with zero attached hydrogens (tertiary/aromatic N) is 3. The molecule has 0 aliphatic heterocycles. The predicted octanol–water partition coefficient (Wildman–Crippen LogP) is 3.56. The first-order valence-electron chi connectivity index (χ1n) is 9.11. The summed E-state index contributed by atoms with van der Waals surface area (Å²) < 4.78 is 7.55. The zero-order chi connectivity index (χ0) is 18.9. The summed E-state index contributed by atoms with van der Waals surface area (Å²) in [5.41, 5.74) is 1.98. The number of amides is 1. The Morgan fingerprint density at radius 1 is 1.15 bits per heavy atom. The van der Waals surface area contributed by atoms with Crippen molar-refractivity contribution in [3.63, 3.8) is 0 Å². The van der Waals surface area contributed by atoms with Crippen LogP contribution in [-0.2, 0) is 17.8 Å². The lowest BCUT2D eigenvalue weighted by Gasteiger charge is -2.15. The summed E-state index contributed by atoms with van der Waals surface area (Å²) in [6, 6.07) is 17.9. The van der Waals surface area contributed by atoms with Crippen molar-refractivity contribution in [2.75, 3.05) is 11.9 Å². The molecule has 1 amide bonds. The van der Waals surface area contributed by atoms with Gasteiger partial charge in [0.2, 0.25) is 5.91 Å². The van der Waals surface area contributed by atoms with Gasteiger partial charge in [0, 0.05) is 0 Å². The number of benzene rings is 2. The van der Waals surface area contributed by atoms with E-state index in [1.54, 1.807) is 11.0 Å². The second kappa shape index (κ2) is 9.52. The molecule has 0 aliphatic rings. The summed E-state index contributed by atoms with van der Waals surface area (Å²) in [5, 5.41) is 6.99. The van der Waals surface area contributed by atoms with Gasteiger partial charge in [0.1, 0.15) is 18.4 Å². The molecule has 0 spiro atoms. The fourth-order valence-corrected chi connectivity index (χ4v) is 2.75. The van der Waals surface area contributed by atoms with Gasteiger partial charge in [-0.2, -0.15) is 5.10 Å². The number of carbonyl (C=O) groups is 1. The van der Waals surface area contributed by atoms with E-state index in [0.29, 0.717) is 24.6 Å². The Morgan fingerprint density at radius 2 is 1.93 bits per heavy atom. The summed E-state index contributed by atoms with van der Waals surface area (Å²) in [6.45, 7) is 2.93. The van der Waals surface area contributed by atoms with Gasteiger partial charge in [-0.1, -0.05) is 49.4 Å². The third-order valence-corrected chi connectivity index (χ3v) is 4.23. The molecule has 0 aliphatic carbocycles. The van der Waals surface area contributed by atoms with E-state index >= 15 is 0 Å². The first-order chi connectivity index (χ1) is 13.2. The number of aryl methyl sites for hydroxylation is 1. The molecule has 6 heteroatoms. The van der Waals surface area contributed by atoms with Crippen LogP contribution in [0.25, 0.3) is 0 Å². The Morgan fingerprint density at radius 3 is 2.70 bits per heavy atom. The zero-order valence-corrected chi connectivity index (χ0v) is 15.4. The van der Waals surface area contributed by atoms with Crippen LogP contribution in [0.5, 0.6) is 5.75 Å². The Bertz CT molecular complexity index is 834. The lowest BCUT2D eigenvalue weighted by Crippen LogP contribution is -2.25. The van der Waals surface area contributed by atoms with Gasteiger partial charge in [-0.05, 0) is 30.5 Å². The molecule has 1 N–H and O–H groups in total. The van der Waals surface area contributed by atoms with Gasteiger partial charge in [-0.15, -0.1) is 0 Å². The minimum atomic E-state index is -0.238. The molecule has 0 bridgehead atoms. The number of aromatic nitrogens is 3. The second-order valence-corrected chi connectivity index (χ2v) is 6.44. The van der Waals surface area contributed by atoms with Gasteiger partial charge in [0.15, 0.2) is 0 Å². The lowest BCUT2D eigenvalue weighted by molar-refractivity contribution is -0.119. The molecule has 140 valence electrons. The van der Waals surface area contributed by atoms with Crippen LogP contribution >= 0.6 is 0 Å². The lowest BCUT2D eigenvalue weighted by atomic mass is 10.1. The van der Waals surface area contributed by atoms with Gasteiger partial charge >= 0.3 is 0 Å². The van der Waals surface area contributed by atoms with Crippen LogP contribution < -0.4 is 10.1 Å². The summed E-state index contributed by atoms with van der Waals surface area (Å²) in [6.07, 6.45) is 4.94. The molecule has 1 atom stereocenters. The summed E-state index contributed by atoms with van der Waals surface area (Å²) in [4.78, 5) is 16.4. The highest BCUT2D eigenvalue weighted by Gasteiger charge is 2.16. The number of hydrogen-bond acceptors (Lipinski definition) is 4. The zero-order valence-electron chi connectivity index (χ0n) is 15.4. The van der Waals surface area contributed by atoms with E-state index in [2.05, 4.69) is 27.5 Å². The van der Waals surface area contributed by atoms with Crippen LogP contribution in [0.3, 0.4) is 0 Å². The van der Waals surface area contributed by atoms with E-state index in [0.717, 1.165) is 12.8 Å². The highest BCUT2D eigenvalue weighted by atomic mass is 16.5.